The molecule has 0 fully saturated rings. The highest BCUT2D eigenvalue weighted by Crippen LogP contribution is 2.18. The lowest BCUT2D eigenvalue weighted by atomic mass is 10.2. The van der Waals surface area contributed by atoms with Gasteiger partial charge in [-0.1, -0.05) is 40.2 Å². The van der Waals surface area contributed by atoms with Gasteiger partial charge in [-0.15, -0.1) is 0 Å². The van der Waals surface area contributed by atoms with Crippen LogP contribution in [0.15, 0.2) is 56.2 Å². The molecule has 0 N–H and O–H groups in total. The molecule has 3 aromatic rings. The highest BCUT2D eigenvalue weighted by Gasteiger charge is 2.18. The van der Waals surface area contributed by atoms with Gasteiger partial charge in [0, 0.05) is 28.3 Å². The minimum Gasteiger partial charge on any atom is -0.457 e. The molecule has 0 saturated heterocycles. The summed E-state index contributed by atoms with van der Waals surface area (Å²) in [5.74, 6) is 0. The number of nitrogens with zero attached hydrogens (tertiary/aromatic N) is 1. The SMILES string of the molecule is C=c1oc2cc(Br)ccc2/c1=C/N(C)S(=O)(=O)c1ccc(C)cc1. The summed E-state index contributed by atoms with van der Waals surface area (Å²) in [7, 11) is -2.12. The third-order valence-electron chi connectivity index (χ3n) is 3.78. The Hall–Kier alpha value is -2.05. The van der Waals surface area contributed by atoms with Gasteiger partial charge in [-0.3, -0.25) is 4.31 Å². The first-order valence-electron chi connectivity index (χ1n) is 7.22. The van der Waals surface area contributed by atoms with E-state index in [0.717, 1.165) is 15.4 Å². The van der Waals surface area contributed by atoms with E-state index in [-0.39, 0.29) is 4.90 Å². The van der Waals surface area contributed by atoms with Crippen LogP contribution in [0.2, 0.25) is 0 Å². The van der Waals surface area contributed by atoms with Gasteiger partial charge in [0.05, 0.1) is 4.90 Å². The molecular weight excluding hydrogens is 390 g/mol. The molecule has 2 aromatic carbocycles. The summed E-state index contributed by atoms with van der Waals surface area (Å²) >= 11 is 3.39. The molecule has 0 radical (unpaired) electrons. The molecule has 0 bridgehead atoms. The first-order chi connectivity index (χ1) is 11.3. The predicted octanol–water partition coefficient (Wildman–Crippen LogP) is 2.97. The Bertz CT molecular complexity index is 1120. The minimum absolute atomic E-state index is 0.244. The molecule has 0 atom stereocenters. The van der Waals surface area contributed by atoms with Crippen molar-refractivity contribution in [3.8, 4) is 0 Å². The molecule has 0 amide bonds. The zero-order valence-corrected chi connectivity index (χ0v) is 15.7. The number of fused-ring (bicyclic) bond motifs is 1. The van der Waals surface area contributed by atoms with Gasteiger partial charge in [-0.25, -0.2) is 8.42 Å². The molecule has 0 aliphatic carbocycles. The van der Waals surface area contributed by atoms with Crippen LogP contribution in [0.5, 0.6) is 0 Å². The topological polar surface area (TPSA) is 50.5 Å². The number of hydrogen-bond donors (Lipinski definition) is 0. The average Bonchev–Trinajstić information content (AvgIpc) is 2.82. The van der Waals surface area contributed by atoms with Crippen LogP contribution in [0.4, 0.5) is 0 Å². The van der Waals surface area contributed by atoms with Crippen LogP contribution < -0.4 is 10.6 Å². The second-order valence-electron chi connectivity index (χ2n) is 5.54. The van der Waals surface area contributed by atoms with Crippen molar-refractivity contribution in [1.29, 1.82) is 0 Å². The minimum atomic E-state index is -3.63. The van der Waals surface area contributed by atoms with E-state index in [0.29, 0.717) is 16.2 Å². The number of hydrogen-bond acceptors (Lipinski definition) is 3. The van der Waals surface area contributed by atoms with Crippen LogP contribution in [0.3, 0.4) is 0 Å². The van der Waals surface area contributed by atoms with E-state index in [9.17, 15) is 8.42 Å². The van der Waals surface area contributed by atoms with Gasteiger partial charge < -0.3 is 4.42 Å². The Balaban J connectivity index is 2.13. The normalized spacial score (nSPS) is 12.7. The van der Waals surface area contributed by atoms with Crippen molar-refractivity contribution in [2.45, 2.75) is 11.8 Å². The van der Waals surface area contributed by atoms with Gasteiger partial charge in [-0.05, 0) is 37.3 Å². The first-order valence-corrected chi connectivity index (χ1v) is 9.46. The molecule has 1 aromatic heterocycles. The Morgan fingerprint density at radius 1 is 1.17 bits per heavy atom. The molecule has 1 heterocycles. The zero-order valence-electron chi connectivity index (χ0n) is 13.3. The van der Waals surface area contributed by atoms with Crippen LogP contribution in [-0.2, 0) is 10.0 Å². The molecule has 0 saturated carbocycles. The van der Waals surface area contributed by atoms with Crippen molar-refractivity contribution in [2.24, 2.45) is 0 Å². The van der Waals surface area contributed by atoms with E-state index in [1.807, 2.05) is 25.1 Å². The molecule has 24 heavy (non-hydrogen) atoms. The van der Waals surface area contributed by atoms with Crippen molar-refractivity contribution < 1.29 is 12.8 Å². The van der Waals surface area contributed by atoms with Gasteiger partial charge >= 0.3 is 0 Å². The number of aryl methyl sites for hydroxylation is 1. The maximum atomic E-state index is 12.7. The van der Waals surface area contributed by atoms with E-state index < -0.39 is 10.0 Å². The van der Waals surface area contributed by atoms with E-state index in [1.54, 1.807) is 24.3 Å². The quantitative estimate of drug-likeness (QED) is 0.672. The van der Waals surface area contributed by atoms with Crippen LogP contribution in [0.25, 0.3) is 23.7 Å². The van der Waals surface area contributed by atoms with Gasteiger partial charge in [0.1, 0.15) is 11.0 Å². The number of rotatable bonds is 3. The molecule has 0 aliphatic heterocycles. The molecular formula is C18H16BrNO3S. The molecule has 4 nitrogen and oxygen atoms in total. The molecule has 6 heteroatoms. The zero-order chi connectivity index (χ0) is 17.5. The fourth-order valence-electron chi connectivity index (χ4n) is 2.41. The number of halogens is 1. The molecule has 124 valence electrons. The molecule has 0 aliphatic rings. The number of furan rings is 1. The highest BCUT2D eigenvalue weighted by molar-refractivity contribution is 9.10. The maximum Gasteiger partial charge on any atom is 0.263 e. The van der Waals surface area contributed by atoms with Crippen molar-refractivity contribution in [2.75, 3.05) is 7.05 Å². The smallest absolute Gasteiger partial charge is 0.263 e. The van der Waals surface area contributed by atoms with E-state index in [4.69, 9.17) is 4.42 Å². The Kier molecular flexibility index (Phi) is 4.27. The van der Waals surface area contributed by atoms with Gasteiger partial charge in [0.2, 0.25) is 0 Å². The summed E-state index contributed by atoms with van der Waals surface area (Å²) in [6.45, 7) is 5.79. The Labute approximate surface area is 148 Å². The van der Waals surface area contributed by atoms with Crippen molar-refractivity contribution in [3.63, 3.8) is 0 Å². The Morgan fingerprint density at radius 3 is 2.50 bits per heavy atom. The number of sulfonamides is 1. The van der Waals surface area contributed by atoms with Crippen LogP contribution in [0, 0.1) is 6.92 Å². The first kappa shape index (κ1) is 16.8. The summed E-state index contributed by atoms with van der Waals surface area (Å²) in [5.41, 5.74) is 2.09. The van der Waals surface area contributed by atoms with Crippen LogP contribution in [0.1, 0.15) is 5.56 Å². The van der Waals surface area contributed by atoms with Crippen LogP contribution in [-0.4, -0.2) is 19.8 Å². The van der Waals surface area contributed by atoms with Gasteiger partial charge in [0.15, 0.2) is 0 Å². The fourth-order valence-corrected chi connectivity index (χ4v) is 3.81. The molecule has 3 rings (SSSR count). The summed E-state index contributed by atoms with van der Waals surface area (Å²) in [6.07, 6.45) is 1.54. The summed E-state index contributed by atoms with van der Waals surface area (Å²) in [4.78, 5) is 0.244. The number of benzene rings is 2. The monoisotopic (exact) mass is 405 g/mol. The summed E-state index contributed by atoms with van der Waals surface area (Å²) < 4.78 is 33.1. The average molecular weight is 406 g/mol. The van der Waals surface area contributed by atoms with Gasteiger partial charge in [0.25, 0.3) is 10.0 Å². The Morgan fingerprint density at radius 2 is 1.83 bits per heavy atom. The van der Waals surface area contributed by atoms with Crippen molar-refractivity contribution in [1.82, 2.24) is 4.31 Å². The lowest BCUT2D eigenvalue weighted by Crippen LogP contribution is -2.28. The third kappa shape index (κ3) is 2.99. The van der Waals surface area contributed by atoms with Gasteiger partial charge in [-0.2, -0.15) is 0 Å². The van der Waals surface area contributed by atoms with E-state index >= 15 is 0 Å². The summed E-state index contributed by atoms with van der Waals surface area (Å²) in [5, 5.41) is 1.46. The lowest BCUT2D eigenvalue weighted by molar-refractivity contribution is 0.549. The second-order valence-corrected chi connectivity index (χ2v) is 8.46. The highest BCUT2D eigenvalue weighted by atomic mass is 79.9. The van der Waals surface area contributed by atoms with Crippen molar-refractivity contribution in [3.05, 3.63) is 63.1 Å². The predicted molar refractivity (Wildman–Crippen MR) is 99.3 cm³/mol. The van der Waals surface area contributed by atoms with Crippen molar-refractivity contribution >= 4 is 49.7 Å². The maximum absolute atomic E-state index is 12.7. The van der Waals surface area contributed by atoms with Crippen LogP contribution >= 0.6 is 15.9 Å². The fraction of sp³-hybridized carbons (Fsp3) is 0.111. The second kappa shape index (κ2) is 6.11. The third-order valence-corrected chi connectivity index (χ3v) is 6.00. The summed E-state index contributed by atoms with van der Waals surface area (Å²) in [6, 6.07) is 12.3. The van der Waals surface area contributed by atoms with E-state index in [1.165, 1.54) is 17.6 Å². The molecule has 0 unspecified atom stereocenters. The standard InChI is InChI=1S/C18H16BrNO3S/c1-12-4-7-15(8-5-12)24(21,22)20(3)11-17-13(2)23-18-10-14(19)6-9-16(17)18/h4-11H,2H2,1,3H3/b17-11+. The van der Waals surface area contributed by atoms with E-state index in [2.05, 4.69) is 22.5 Å². The molecule has 0 spiro atoms. The largest absolute Gasteiger partial charge is 0.457 e. The lowest BCUT2D eigenvalue weighted by Gasteiger charge is -2.14.